The summed E-state index contributed by atoms with van der Waals surface area (Å²) >= 11 is 0. The number of carbonyl (C=O) groups is 1. The van der Waals surface area contributed by atoms with Crippen LogP contribution in [0.1, 0.15) is 31.8 Å². The molecule has 0 N–H and O–H groups in total. The fourth-order valence-electron chi connectivity index (χ4n) is 1.84. The number of esters is 1. The van der Waals surface area contributed by atoms with E-state index in [4.69, 9.17) is 22.0 Å². The maximum absolute atomic E-state index is 11.9. The maximum Gasteiger partial charge on any atom is 0.315 e. The average Bonchev–Trinajstić information content (AvgIpc) is 2.78. The van der Waals surface area contributed by atoms with Crippen molar-refractivity contribution < 1.29 is 13.9 Å². The van der Waals surface area contributed by atoms with Gasteiger partial charge in [0.25, 0.3) is 0 Å². The van der Waals surface area contributed by atoms with Gasteiger partial charge in [-0.3, -0.25) is 4.79 Å². The predicted molar refractivity (Wildman–Crippen MR) is 66.7 cm³/mol. The van der Waals surface area contributed by atoms with E-state index in [2.05, 4.69) is 11.8 Å². The van der Waals surface area contributed by atoms with Crippen LogP contribution >= 0.6 is 0 Å². The van der Waals surface area contributed by atoms with E-state index in [1.807, 2.05) is 13.8 Å². The van der Waals surface area contributed by atoms with E-state index >= 15 is 0 Å². The van der Waals surface area contributed by atoms with E-state index in [9.17, 15) is 4.79 Å². The molecule has 0 saturated heterocycles. The van der Waals surface area contributed by atoms with E-state index in [1.54, 1.807) is 6.07 Å². The molecule has 1 atom stereocenters. The Bertz CT molecular complexity index is 564. The molecule has 3 nitrogen and oxygen atoms in total. The van der Waals surface area contributed by atoms with Crippen LogP contribution in [-0.4, -0.2) is 5.97 Å². The Morgan fingerprint density at radius 1 is 1.61 bits per heavy atom. The maximum atomic E-state index is 11.9. The molecule has 0 spiro atoms. The number of terminal acetylenes is 2. The van der Waals surface area contributed by atoms with Gasteiger partial charge in [0, 0.05) is 6.07 Å². The molecule has 1 heterocycles. The average molecular weight is 242 g/mol. The summed E-state index contributed by atoms with van der Waals surface area (Å²) in [6.07, 6.45) is 11.6. The van der Waals surface area contributed by atoms with Gasteiger partial charge in [-0.1, -0.05) is 19.8 Å². The zero-order valence-electron chi connectivity index (χ0n) is 10.4. The first-order valence-electron chi connectivity index (χ1n) is 5.72. The molecule has 1 aliphatic carbocycles. The van der Waals surface area contributed by atoms with E-state index in [-0.39, 0.29) is 28.8 Å². The Morgan fingerprint density at radius 2 is 2.28 bits per heavy atom. The lowest BCUT2D eigenvalue weighted by Crippen LogP contribution is -2.13. The first-order chi connectivity index (χ1) is 8.47. The number of ether oxygens (including phenoxy) is 1. The number of carbonyl (C=O) groups excluding carboxylic acids is 1. The second kappa shape index (κ2) is 4.27. The molecule has 1 aromatic heterocycles. The molecule has 1 unspecified atom stereocenters. The van der Waals surface area contributed by atoms with Crippen molar-refractivity contribution >= 4 is 5.97 Å². The van der Waals surface area contributed by atoms with Crippen molar-refractivity contribution in [1.82, 2.24) is 0 Å². The van der Waals surface area contributed by atoms with Crippen molar-refractivity contribution in [3.05, 3.63) is 17.6 Å². The van der Waals surface area contributed by atoms with Crippen LogP contribution in [0.2, 0.25) is 0 Å². The third-order valence-corrected chi connectivity index (χ3v) is 3.16. The topological polar surface area (TPSA) is 39.4 Å². The highest BCUT2D eigenvalue weighted by Gasteiger charge is 2.52. The van der Waals surface area contributed by atoms with Gasteiger partial charge in [-0.25, -0.2) is 0 Å². The van der Waals surface area contributed by atoms with Crippen molar-refractivity contribution in [3.63, 3.8) is 0 Å². The fourth-order valence-corrected chi connectivity index (χ4v) is 1.84. The van der Waals surface area contributed by atoms with Crippen LogP contribution < -0.4 is 4.74 Å². The predicted octanol–water partition coefficient (Wildman–Crippen LogP) is 2.39. The van der Waals surface area contributed by atoms with E-state index in [0.29, 0.717) is 12.2 Å². The van der Waals surface area contributed by atoms with Gasteiger partial charge in [0.05, 0.1) is 12.3 Å². The second-order valence-corrected chi connectivity index (χ2v) is 5.10. The highest BCUT2D eigenvalue weighted by molar-refractivity contribution is 5.79. The first kappa shape index (κ1) is 12.3. The summed E-state index contributed by atoms with van der Waals surface area (Å²) in [5.41, 5.74) is 0.0266. The quantitative estimate of drug-likeness (QED) is 0.603. The van der Waals surface area contributed by atoms with Gasteiger partial charge < -0.3 is 9.15 Å². The molecule has 1 saturated carbocycles. The molecule has 1 aromatic rings. The monoisotopic (exact) mass is 242 g/mol. The van der Waals surface area contributed by atoms with Gasteiger partial charge in [-0.05, 0) is 17.8 Å². The molecule has 1 fully saturated rings. The smallest absolute Gasteiger partial charge is 0.315 e. The molecule has 2 rings (SSSR count). The van der Waals surface area contributed by atoms with Gasteiger partial charge in [-0.2, -0.15) is 0 Å². The van der Waals surface area contributed by atoms with E-state index < -0.39 is 0 Å². The highest BCUT2D eigenvalue weighted by atomic mass is 16.5. The summed E-state index contributed by atoms with van der Waals surface area (Å²) in [6, 6.07) is 1.59. The van der Waals surface area contributed by atoms with Gasteiger partial charge in [0.2, 0.25) is 5.76 Å². The van der Waals surface area contributed by atoms with Crippen LogP contribution in [0.25, 0.3) is 0 Å². The van der Waals surface area contributed by atoms with Gasteiger partial charge >= 0.3 is 5.97 Å². The molecule has 0 aliphatic heterocycles. The third kappa shape index (κ3) is 2.26. The summed E-state index contributed by atoms with van der Waals surface area (Å²) in [5.74, 6) is 5.51. The number of hydrogen-bond acceptors (Lipinski definition) is 3. The SMILES string of the molecule is C#CCc1cc(OC(=O)C2CC2(C)C)c(C#C)o1. The lowest BCUT2D eigenvalue weighted by atomic mass is 10.1. The van der Waals surface area contributed by atoms with Gasteiger partial charge in [0.15, 0.2) is 5.75 Å². The first-order valence-corrected chi connectivity index (χ1v) is 5.72. The van der Waals surface area contributed by atoms with Gasteiger partial charge in [-0.15, -0.1) is 12.8 Å². The fraction of sp³-hybridized carbons (Fsp3) is 0.400. The van der Waals surface area contributed by atoms with Crippen LogP contribution in [0.3, 0.4) is 0 Å². The zero-order chi connectivity index (χ0) is 13.3. The Labute approximate surface area is 107 Å². The minimum absolute atomic E-state index is 0.0266. The highest BCUT2D eigenvalue weighted by Crippen LogP contribution is 2.52. The summed E-state index contributed by atoms with van der Waals surface area (Å²) in [6.45, 7) is 4.06. The number of rotatable bonds is 3. The molecule has 92 valence electrons. The standard InChI is InChI=1S/C15H14O3/c1-5-7-10-8-13(12(6-2)17-10)18-14(16)11-9-15(11,3)4/h1-2,8,11H,7,9H2,3-4H3. The lowest BCUT2D eigenvalue weighted by molar-refractivity contribution is -0.136. The van der Waals surface area contributed by atoms with Crippen LogP contribution in [0.5, 0.6) is 5.75 Å². The Kier molecular flexibility index (Phi) is 2.93. The minimum Gasteiger partial charge on any atom is -0.448 e. The van der Waals surface area contributed by atoms with Crippen molar-refractivity contribution in [2.24, 2.45) is 11.3 Å². The molecule has 3 heteroatoms. The number of hydrogen-bond donors (Lipinski definition) is 0. The largest absolute Gasteiger partial charge is 0.448 e. The zero-order valence-corrected chi connectivity index (χ0v) is 10.4. The van der Waals surface area contributed by atoms with Crippen LogP contribution in [-0.2, 0) is 11.2 Å². The summed E-state index contributed by atoms with van der Waals surface area (Å²) in [4.78, 5) is 11.9. The number of furan rings is 1. The molecule has 1 aliphatic rings. The van der Waals surface area contributed by atoms with Crippen LogP contribution in [0, 0.1) is 36.0 Å². The summed E-state index contributed by atoms with van der Waals surface area (Å²) in [5, 5.41) is 0. The normalized spacial score (nSPS) is 19.7. The van der Waals surface area contributed by atoms with E-state index in [1.165, 1.54) is 0 Å². The van der Waals surface area contributed by atoms with Crippen LogP contribution in [0.4, 0.5) is 0 Å². The van der Waals surface area contributed by atoms with Crippen molar-refractivity contribution in [2.75, 3.05) is 0 Å². The van der Waals surface area contributed by atoms with Crippen molar-refractivity contribution in [3.8, 4) is 30.4 Å². The Hall–Kier alpha value is -2.13. The van der Waals surface area contributed by atoms with E-state index in [0.717, 1.165) is 6.42 Å². The molecule has 18 heavy (non-hydrogen) atoms. The summed E-state index contributed by atoms with van der Waals surface area (Å²) < 4.78 is 10.6. The van der Waals surface area contributed by atoms with Crippen LogP contribution in [0.15, 0.2) is 10.5 Å². The molecule has 0 aromatic carbocycles. The minimum atomic E-state index is -0.260. The third-order valence-electron chi connectivity index (χ3n) is 3.16. The van der Waals surface area contributed by atoms with Crippen molar-refractivity contribution in [1.29, 1.82) is 0 Å². The molecule has 0 bridgehead atoms. The second-order valence-electron chi connectivity index (χ2n) is 5.10. The molecule has 0 radical (unpaired) electrons. The Morgan fingerprint density at radius 3 is 2.78 bits per heavy atom. The summed E-state index contributed by atoms with van der Waals surface area (Å²) in [7, 11) is 0. The Balaban J connectivity index is 2.12. The van der Waals surface area contributed by atoms with Gasteiger partial charge in [0.1, 0.15) is 5.76 Å². The molecular weight excluding hydrogens is 228 g/mol. The molecule has 0 amide bonds. The lowest BCUT2D eigenvalue weighted by Gasteiger charge is -2.03. The van der Waals surface area contributed by atoms with Crippen molar-refractivity contribution in [2.45, 2.75) is 26.7 Å². The molecular formula is C15H14O3.